The van der Waals surface area contributed by atoms with Crippen LogP contribution in [0.25, 0.3) is 12.2 Å². The first-order chi connectivity index (χ1) is 14.0. The molecule has 0 aliphatic rings. The van der Waals surface area contributed by atoms with E-state index < -0.39 is 0 Å². The molecule has 0 radical (unpaired) electrons. The van der Waals surface area contributed by atoms with Crippen LogP contribution in [0.15, 0.2) is 66.1 Å². The van der Waals surface area contributed by atoms with Crippen LogP contribution in [-0.2, 0) is 9.59 Å². The summed E-state index contributed by atoms with van der Waals surface area (Å²) in [6, 6.07) is 15.8. The van der Waals surface area contributed by atoms with E-state index in [4.69, 9.17) is 0 Å². The van der Waals surface area contributed by atoms with E-state index in [1.54, 1.807) is 6.08 Å². The van der Waals surface area contributed by atoms with Crippen molar-refractivity contribution in [3.05, 3.63) is 77.2 Å². The minimum atomic E-state index is -0.249. The Morgan fingerprint density at radius 3 is 2.38 bits per heavy atom. The average molecular weight is 410 g/mol. The van der Waals surface area contributed by atoms with E-state index in [9.17, 15) is 9.59 Å². The van der Waals surface area contributed by atoms with E-state index in [1.807, 2.05) is 55.5 Å². The summed E-state index contributed by atoms with van der Waals surface area (Å²) in [4.78, 5) is 25.0. The van der Waals surface area contributed by atoms with E-state index in [-0.39, 0.29) is 18.4 Å². The molecular formula is C23H27N3O2S. The molecule has 2 rings (SSSR count). The second-order valence-corrected chi connectivity index (χ2v) is 7.46. The Morgan fingerprint density at radius 2 is 1.69 bits per heavy atom. The lowest BCUT2D eigenvalue weighted by Crippen LogP contribution is -2.39. The van der Waals surface area contributed by atoms with Gasteiger partial charge in [-0.25, -0.2) is 0 Å². The molecule has 0 fully saturated rings. The minimum absolute atomic E-state index is 0.0552. The summed E-state index contributed by atoms with van der Waals surface area (Å²) in [5, 5.41) is 7.26. The van der Waals surface area contributed by atoms with Crippen molar-refractivity contribution in [3.63, 3.8) is 0 Å². The van der Waals surface area contributed by atoms with E-state index >= 15 is 0 Å². The lowest BCUT2D eigenvalue weighted by molar-refractivity contribution is -0.125. The van der Waals surface area contributed by atoms with Gasteiger partial charge in [-0.15, -0.1) is 0 Å². The monoisotopic (exact) mass is 409 g/mol. The Labute approximate surface area is 176 Å². The molecule has 0 aliphatic carbocycles. The zero-order valence-corrected chi connectivity index (χ0v) is 17.5. The van der Waals surface area contributed by atoms with Crippen molar-refractivity contribution in [2.45, 2.75) is 18.2 Å². The van der Waals surface area contributed by atoms with Gasteiger partial charge in [-0.1, -0.05) is 61.2 Å². The van der Waals surface area contributed by atoms with Gasteiger partial charge in [-0.3, -0.25) is 14.3 Å². The molecule has 0 unspecified atom stereocenters. The highest BCUT2D eigenvalue weighted by atomic mass is 32.2. The molecule has 0 saturated carbocycles. The third-order valence-corrected chi connectivity index (χ3v) is 5.05. The van der Waals surface area contributed by atoms with Crippen LogP contribution in [0.5, 0.6) is 0 Å². The standard InChI is InChI=1S/C23H27N3O2S/c1-4-19(21-8-6-5-7-18(21)3)15-24-23(28)16-25-22(27)13-14-26-29-20-11-9-17(2)10-12-20/h4-12,26H,1,3,13-16H2,2H3,(H,24,28)(H,25,27)/b21-19+. The third kappa shape index (κ3) is 7.97. The molecule has 0 saturated heterocycles. The van der Waals surface area contributed by atoms with Crippen LogP contribution < -0.4 is 25.8 Å². The molecule has 0 bridgehead atoms. The first kappa shape index (κ1) is 22.5. The van der Waals surface area contributed by atoms with Crippen LogP contribution in [0.1, 0.15) is 12.0 Å². The molecule has 0 aliphatic heterocycles. The fraction of sp³-hybridized carbons (Fsp3) is 0.217. The molecular weight excluding hydrogens is 382 g/mol. The predicted octanol–water partition coefficient (Wildman–Crippen LogP) is 1.66. The summed E-state index contributed by atoms with van der Waals surface area (Å²) >= 11 is 1.48. The van der Waals surface area contributed by atoms with Crippen LogP contribution in [0.2, 0.25) is 0 Å². The number of carbonyl (C=O) groups excluding carboxylic acids is 2. The van der Waals surface area contributed by atoms with Crippen molar-refractivity contribution in [2.24, 2.45) is 0 Å². The molecule has 2 aromatic rings. The van der Waals surface area contributed by atoms with Crippen molar-refractivity contribution in [2.75, 3.05) is 19.6 Å². The van der Waals surface area contributed by atoms with Crippen LogP contribution in [0.4, 0.5) is 0 Å². The number of rotatable bonds is 10. The Bertz CT molecular complexity index is 955. The maximum absolute atomic E-state index is 12.0. The van der Waals surface area contributed by atoms with Gasteiger partial charge in [0, 0.05) is 24.4 Å². The summed E-state index contributed by atoms with van der Waals surface area (Å²) in [6.07, 6.45) is 2.01. The zero-order valence-electron chi connectivity index (χ0n) is 16.7. The second kappa shape index (κ2) is 11.9. The lowest BCUT2D eigenvalue weighted by atomic mass is 10.1. The summed E-state index contributed by atoms with van der Waals surface area (Å²) < 4.78 is 3.15. The van der Waals surface area contributed by atoms with E-state index in [0.717, 1.165) is 20.9 Å². The maximum Gasteiger partial charge on any atom is 0.239 e. The highest BCUT2D eigenvalue weighted by Crippen LogP contribution is 2.14. The number of benzene rings is 2. The number of aryl methyl sites for hydroxylation is 1. The average Bonchev–Trinajstić information content (AvgIpc) is 2.72. The summed E-state index contributed by atoms with van der Waals surface area (Å²) in [6.45, 7) is 10.6. The van der Waals surface area contributed by atoms with E-state index in [1.165, 1.54) is 17.5 Å². The molecule has 0 aromatic heterocycles. The number of carbonyl (C=O) groups is 2. The molecule has 6 heteroatoms. The molecule has 5 nitrogen and oxygen atoms in total. The fourth-order valence-corrected chi connectivity index (χ4v) is 3.18. The largest absolute Gasteiger partial charge is 0.350 e. The molecule has 2 amide bonds. The van der Waals surface area contributed by atoms with Gasteiger partial charge in [0.15, 0.2) is 0 Å². The van der Waals surface area contributed by atoms with E-state index in [0.29, 0.717) is 19.5 Å². The topological polar surface area (TPSA) is 70.2 Å². The highest BCUT2D eigenvalue weighted by molar-refractivity contribution is 7.97. The van der Waals surface area contributed by atoms with Gasteiger partial charge in [-0.05, 0) is 47.0 Å². The molecule has 152 valence electrons. The predicted molar refractivity (Wildman–Crippen MR) is 120 cm³/mol. The van der Waals surface area contributed by atoms with Crippen molar-refractivity contribution < 1.29 is 9.59 Å². The quantitative estimate of drug-likeness (QED) is 0.412. The van der Waals surface area contributed by atoms with Crippen molar-refractivity contribution in [1.82, 2.24) is 15.4 Å². The minimum Gasteiger partial charge on any atom is -0.350 e. The Hall–Kier alpha value is -2.83. The zero-order chi connectivity index (χ0) is 21.1. The van der Waals surface area contributed by atoms with Crippen LogP contribution >= 0.6 is 11.9 Å². The van der Waals surface area contributed by atoms with Gasteiger partial charge in [0.2, 0.25) is 11.8 Å². The van der Waals surface area contributed by atoms with Gasteiger partial charge in [0.05, 0.1) is 6.54 Å². The number of amides is 2. The SMILES string of the molecule is C=C/C(CNC(=O)CNC(=O)CCNSc1ccc(C)cc1)=c1/ccccc1=C. The summed E-state index contributed by atoms with van der Waals surface area (Å²) in [7, 11) is 0. The first-order valence-electron chi connectivity index (χ1n) is 9.39. The van der Waals surface area contributed by atoms with Crippen LogP contribution in [-0.4, -0.2) is 31.4 Å². The normalized spacial score (nSPS) is 11.5. The van der Waals surface area contributed by atoms with Crippen molar-refractivity contribution >= 4 is 35.9 Å². The molecule has 0 atom stereocenters. The van der Waals surface area contributed by atoms with Crippen molar-refractivity contribution in [3.8, 4) is 0 Å². The second-order valence-electron chi connectivity index (χ2n) is 6.50. The Balaban J connectivity index is 1.68. The lowest BCUT2D eigenvalue weighted by Gasteiger charge is -2.08. The third-order valence-electron chi connectivity index (χ3n) is 4.20. The molecule has 0 spiro atoms. The molecule has 29 heavy (non-hydrogen) atoms. The number of hydrogen-bond donors (Lipinski definition) is 3. The van der Waals surface area contributed by atoms with Gasteiger partial charge in [0.25, 0.3) is 0 Å². The summed E-state index contributed by atoms with van der Waals surface area (Å²) in [5.41, 5.74) is 2.09. The van der Waals surface area contributed by atoms with Crippen LogP contribution in [0, 0.1) is 6.92 Å². The van der Waals surface area contributed by atoms with E-state index in [2.05, 4.69) is 28.5 Å². The van der Waals surface area contributed by atoms with Gasteiger partial charge >= 0.3 is 0 Å². The number of hydrogen-bond acceptors (Lipinski definition) is 4. The number of nitrogens with one attached hydrogen (secondary N) is 3. The van der Waals surface area contributed by atoms with Gasteiger partial charge in [0.1, 0.15) is 0 Å². The van der Waals surface area contributed by atoms with Crippen LogP contribution in [0.3, 0.4) is 0 Å². The highest BCUT2D eigenvalue weighted by Gasteiger charge is 2.06. The smallest absolute Gasteiger partial charge is 0.239 e. The molecule has 2 aromatic carbocycles. The van der Waals surface area contributed by atoms with Gasteiger partial charge in [-0.2, -0.15) is 0 Å². The Morgan fingerprint density at radius 1 is 1.00 bits per heavy atom. The molecule has 0 heterocycles. The van der Waals surface area contributed by atoms with Crippen molar-refractivity contribution in [1.29, 1.82) is 0 Å². The maximum atomic E-state index is 12.0. The summed E-state index contributed by atoms with van der Waals surface area (Å²) in [5.74, 6) is -0.422. The first-order valence-corrected chi connectivity index (χ1v) is 10.2. The fourth-order valence-electron chi connectivity index (χ4n) is 2.54. The Kier molecular flexibility index (Phi) is 9.21. The van der Waals surface area contributed by atoms with Gasteiger partial charge < -0.3 is 10.6 Å². The molecule has 3 N–H and O–H groups in total.